The number of carbonyl (C=O) groups is 2. The molecule has 0 aliphatic carbocycles. The molecular formula is C21H24ClN3O3. The number of hydrogen-bond donors (Lipinski definition) is 2. The average Bonchev–Trinajstić information content (AvgIpc) is 2.71. The summed E-state index contributed by atoms with van der Waals surface area (Å²) in [6.45, 7) is 1.90. The van der Waals surface area contributed by atoms with Crippen molar-refractivity contribution in [3.8, 4) is 0 Å². The van der Waals surface area contributed by atoms with Crippen LogP contribution in [0.25, 0.3) is 0 Å². The number of benzene rings is 2. The number of aliphatic hydroxyl groups excluding tert-OH is 1. The third kappa shape index (κ3) is 4.70. The summed E-state index contributed by atoms with van der Waals surface area (Å²) in [6.07, 6.45) is 0.543. The number of imide groups is 1. The lowest BCUT2D eigenvalue weighted by atomic mass is 10.00. The molecule has 1 unspecified atom stereocenters. The van der Waals surface area contributed by atoms with E-state index in [0.717, 1.165) is 24.4 Å². The second kappa shape index (κ2) is 9.19. The van der Waals surface area contributed by atoms with Crippen LogP contribution in [0.1, 0.15) is 21.5 Å². The Hall–Kier alpha value is -2.41. The quantitative estimate of drug-likeness (QED) is 0.697. The molecule has 2 amide bonds. The van der Waals surface area contributed by atoms with Gasteiger partial charge in [-0.3, -0.25) is 19.4 Å². The highest BCUT2D eigenvalue weighted by Crippen LogP contribution is 2.22. The number of nitrogens with one attached hydrogen (secondary N) is 1. The lowest BCUT2D eigenvalue weighted by Crippen LogP contribution is -2.43. The summed E-state index contributed by atoms with van der Waals surface area (Å²) in [5.74, 6) is -0.495. The van der Waals surface area contributed by atoms with Gasteiger partial charge in [-0.05, 0) is 35.7 Å². The van der Waals surface area contributed by atoms with E-state index in [-0.39, 0.29) is 6.54 Å². The normalized spacial score (nSPS) is 14.8. The molecule has 0 saturated carbocycles. The zero-order valence-corrected chi connectivity index (χ0v) is 16.5. The molecule has 0 saturated heterocycles. The van der Waals surface area contributed by atoms with Crippen LogP contribution in [-0.4, -0.2) is 60.0 Å². The Kier molecular flexibility index (Phi) is 6.67. The molecule has 0 aromatic heterocycles. The molecule has 3 rings (SSSR count). The smallest absolute Gasteiger partial charge is 0.262 e. The average molecular weight is 402 g/mol. The van der Waals surface area contributed by atoms with Crippen LogP contribution in [0.4, 0.5) is 5.69 Å². The Morgan fingerprint density at radius 3 is 2.79 bits per heavy atom. The Labute approximate surface area is 169 Å². The summed E-state index contributed by atoms with van der Waals surface area (Å²) < 4.78 is 0. The van der Waals surface area contributed by atoms with Gasteiger partial charge in [0, 0.05) is 37.4 Å². The molecule has 6 nitrogen and oxygen atoms in total. The number of hydrogen-bond acceptors (Lipinski definition) is 5. The monoisotopic (exact) mass is 401 g/mol. The third-order valence-corrected chi connectivity index (χ3v) is 5.19. The van der Waals surface area contributed by atoms with Gasteiger partial charge in [-0.25, -0.2) is 0 Å². The van der Waals surface area contributed by atoms with Crippen molar-refractivity contribution < 1.29 is 14.7 Å². The lowest BCUT2D eigenvalue weighted by molar-refractivity contribution is -0.117. The number of β-amino-alcohol motifs (C(OH)–C–C–N with tert-alkyl or cyclic N) is 1. The molecule has 28 heavy (non-hydrogen) atoms. The molecule has 0 fully saturated rings. The van der Waals surface area contributed by atoms with Gasteiger partial charge in [0.2, 0.25) is 6.41 Å². The Balaban J connectivity index is 1.64. The Morgan fingerprint density at radius 2 is 2.07 bits per heavy atom. The highest BCUT2D eigenvalue weighted by molar-refractivity contribution is 6.31. The van der Waals surface area contributed by atoms with Gasteiger partial charge in [-0.1, -0.05) is 35.9 Å². The molecule has 1 atom stereocenters. The predicted octanol–water partition coefficient (Wildman–Crippen LogP) is 2.40. The first-order valence-corrected chi connectivity index (χ1v) is 9.60. The zero-order valence-electron chi connectivity index (χ0n) is 15.8. The van der Waals surface area contributed by atoms with Gasteiger partial charge in [0.25, 0.3) is 5.91 Å². The molecule has 2 aromatic carbocycles. The fourth-order valence-corrected chi connectivity index (χ4v) is 3.70. The number of fused-ring (bicyclic) bond motifs is 1. The van der Waals surface area contributed by atoms with E-state index >= 15 is 0 Å². The van der Waals surface area contributed by atoms with Crippen molar-refractivity contribution in [3.63, 3.8) is 0 Å². The first-order chi connectivity index (χ1) is 13.5. The molecule has 1 heterocycles. The van der Waals surface area contributed by atoms with Crippen LogP contribution >= 0.6 is 11.6 Å². The summed E-state index contributed by atoms with van der Waals surface area (Å²) in [4.78, 5) is 27.4. The van der Waals surface area contributed by atoms with Gasteiger partial charge in [0.15, 0.2) is 0 Å². The second-order valence-electron chi connectivity index (χ2n) is 6.91. The van der Waals surface area contributed by atoms with Crippen LogP contribution in [0.3, 0.4) is 0 Å². The van der Waals surface area contributed by atoms with E-state index in [0.29, 0.717) is 29.2 Å². The van der Waals surface area contributed by atoms with Gasteiger partial charge in [0.05, 0.1) is 18.2 Å². The van der Waals surface area contributed by atoms with E-state index in [1.54, 1.807) is 19.2 Å². The summed E-state index contributed by atoms with van der Waals surface area (Å²) in [7, 11) is 1.69. The van der Waals surface area contributed by atoms with Gasteiger partial charge in [-0.2, -0.15) is 0 Å². The first-order valence-electron chi connectivity index (χ1n) is 9.22. The van der Waals surface area contributed by atoms with Crippen LogP contribution in [0.5, 0.6) is 0 Å². The molecule has 2 aromatic rings. The first kappa shape index (κ1) is 20.3. The van der Waals surface area contributed by atoms with Crippen molar-refractivity contribution in [3.05, 3.63) is 64.2 Å². The summed E-state index contributed by atoms with van der Waals surface area (Å²) in [5.41, 5.74) is 3.45. The molecular weight excluding hydrogens is 378 g/mol. The maximum Gasteiger partial charge on any atom is 0.262 e. The molecule has 1 aliphatic heterocycles. The van der Waals surface area contributed by atoms with Crippen LogP contribution in [0, 0.1) is 0 Å². The summed E-state index contributed by atoms with van der Waals surface area (Å²) in [6, 6.07) is 13.1. The van der Waals surface area contributed by atoms with Gasteiger partial charge < -0.3 is 10.4 Å². The fraction of sp³-hybridized carbons (Fsp3) is 0.333. The molecule has 148 valence electrons. The van der Waals surface area contributed by atoms with Crippen LogP contribution < -0.4 is 5.32 Å². The number of nitrogens with zero attached hydrogens (tertiary/aromatic N) is 2. The molecule has 1 aliphatic rings. The van der Waals surface area contributed by atoms with Crippen LogP contribution in [0.2, 0.25) is 5.02 Å². The minimum absolute atomic E-state index is 0.0733. The predicted molar refractivity (Wildman–Crippen MR) is 110 cm³/mol. The van der Waals surface area contributed by atoms with Crippen molar-refractivity contribution in [2.24, 2.45) is 0 Å². The Morgan fingerprint density at radius 1 is 1.32 bits per heavy atom. The van der Waals surface area contributed by atoms with Crippen molar-refractivity contribution in [1.29, 1.82) is 0 Å². The van der Waals surface area contributed by atoms with Crippen LogP contribution in [0.15, 0.2) is 42.5 Å². The summed E-state index contributed by atoms with van der Waals surface area (Å²) >= 11 is 6.00. The second-order valence-corrected chi connectivity index (χ2v) is 7.35. The van der Waals surface area contributed by atoms with Crippen LogP contribution in [-0.2, 0) is 17.8 Å². The minimum atomic E-state index is -0.836. The number of rotatable bonds is 7. The minimum Gasteiger partial charge on any atom is -0.390 e. The lowest BCUT2D eigenvalue weighted by Gasteiger charge is -2.31. The maximum absolute atomic E-state index is 12.8. The van der Waals surface area contributed by atoms with Crippen molar-refractivity contribution >= 4 is 29.6 Å². The largest absolute Gasteiger partial charge is 0.390 e. The van der Waals surface area contributed by atoms with E-state index < -0.39 is 12.0 Å². The van der Waals surface area contributed by atoms with E-state index in [1.807, 2.05) is 12.1 Å². The number of carbonyl (C=O) groups excluding carboxylic acids is 2. The topological polar surface area (TPSA) is 72.9 Å². The highest BCUT2D eigenvalue weighted by atomic mass is 35.5. The Bertz CT molecular complexity index is 859. The SMILES string of the molecule is CNc1ccc(Cl)cc1C(=O)N(C=O)CC(O)CN1CCc2ccccc2C1. The molecule has 0 radical (unpaired) electrons. The van der Waals surface area contributed by atoms with Gasteiger partial charge >= 0.3 is 0 Å². The van der Waals surface area contributed by atoms with E-state index in [1.165, 1.54) is 17.2 Å². The van der Waals surface area contributed by atoms with Crippen molar-refractivity contribution in [2.75, 3.05) is 32.0 Å². The molecule has 0 bridgehead atoms. The number of anilines is 1. The number of aliphatic hydroxyl groups is 1. The van der Waals surface area contributed by atoms with Crippen molar-refractivity contribution in [1.82, 2.24) is 9.80 Å². The van der Waals surface area contributed by atoms with Gasteiger partial charge in [0.1, 0.15) is 0 Å². The fourth-order valence-electron chi connectivity index (χ4n) is 3.53. The van der Waals surface area contributed by atoms with E-state index in [2.05, 4.69) is 22.3 Å². The summed E-state index contributed by atoms with van der Waals surface area (Å²) in [5, 5.41) is 13.8. The van der Waals surface area contributed by atoms with E-state index in [9.17, 15) is 14.7 Å². The van der Waals surface area contributed by atoms with Crippen molar-refractivity contribution in [2.45, 2.75) is 19.1 Å². The molecule has 2 N–H and O–H groups in total. The van der Waals surface area contributed by atoms with E-state index in [4.69, 9.17) is 11.6 Å². The maximum atomic E-state index is 12.8. The highest BCUT2D eigenvalue weighted by Gasteiger charge is 2.24. The van der Waals surface area contributed by atoms with Gasteiger partial charge in [-0.15, -0.1) is 0 Å². The zero-order chi connectivity index (χ0) is 20.1. The number of amides is 2. The standard InChI is InChI=1S/C21H24ClN3O3/c1-23-20-7-6-17(22)10-19(20)21(28)25(14-26)13-18(27)12-24-9-8-15-4-2-3-5-16(15)11-24/h2-7,10,14,18,23,27H,8-9,11-13H2,1H3. The number of halogens is 1. The molecule has 7 heteroatoms. The molecule has 0 spiro atoms. The third-order valence-electron chi connectivity index (χ3n) is 4.96.